The maximum absolute atomic E-state index is 12.9. The molecule has 0 unspecified atom stereocenters. The standard InChI is InChI=1S/C20H19ClN4O4/c1-23-8-10-24(11-9-23)17-7-6-15(29-17)12-16-18(26)22-20(28)25(19(16)27)14-4-2-13(21)3-5-14/h2-7,12H,8-11H2,1H3,(H,22,26,28)/b16-12-. The lowest BCUT2D eigenvalue weighted by atomic mass is 10.1. The number of piperazine rings is 1. The van der Waals surface area contributed by atoms with Gasteiger partial charge in [-0.2, -0.15) is 0 Å². The van der Waals surface area contributed by atoms with Gasteiger partial charge in [0.2, 0.25) is 0 Å². The van der Waals surface area contributed by atoms with Gasteiger partial charge in [-0.3, -0.25) is 14.9 Å². The molecule has 1 aromatic carbocycles. The van der Waals surface area contributed by atoms with E-state index >= 15 is 0 Å². The number of likely N-dealkylation sites (N-methyl/N-ethyl adjacent to an activating group) is 1. The summed E-state index contributed by atoms with van der Waals surface area (Å²) < 4.78 is 5.82. The molecule has 0 aliphatic carbocycles. The van der Waals surface area contributed by atoms with Gasteiger partial charge < -0.3 is 14.2 Å². The van der Waals surface area contributed by atoms with Gasteiger partial charge in [0.25, 0.3) is 11.8 Å². The van der Waals surface area contributed by atoms with Gasteiger partial charge in [-0.1, -0.05) is 11.6 Å². The summed E-state index contributed by atoms with van der Waals surface area (Å²) in [5.74, 6) is -0.441. The van der Waals surface area contributed by atoms with Crippen molar-refractivity contribution in [2.45, 2.75) is 0 Å². The van der Waals surface area contributed by atoms with Crippen molar-refractivity contribution in [3.63, 3.8) is 0 Å². The van der Waals surface area contributed by atoms with Crippen molar-refractivity contribution in [2.24, 2.45) is 0 Å². The number of halogens is 1. The predicted molar refractivity (Wildman–Crippen MR) is 109 cm³/mol. The molecule has 0 radical (unpaired) electrons. The Kier molecular flexibility index (Phi) is 5.12. The molecule has 0 spiro atoms. The van der Waals surface area contributed by atoms with Gasteiger partial charge in [0, 0.05) is 37.3 Å². The van der Waals surface area contributed by atoms with E-state index < -0.39 is 17.8 Å². The number of carbonyl (C=O) groups excluding carboxylic acids is 3. The zero-order chi connectivity index (χ0) is 20.5. The largest absolute Gasteiger partial charge is 0.441 e. The third kappa shape index (κ3) is 3.90. The molecule has 4 rings (SSSR count). The summed E-state index contributed by atoms with van der Waals surface area (Å²) >= 11 is 5.87. The topological polar surface area (TPSA) is 86.1 Å². The van der Waals surface area contributed by atoms with E-state index in [9.17, 15) is 14.4 Å². The third-order valence-electron chi connectivity index (χ3n) is 4.90. The van der Waals surface area contributed by atoms with Crippen molar-refractivity contribution in [2.75, 3.05) is 43.0 Å². The number of hydrogen-bond donors (Lipinski definition) is 1. The minimum absolute atomic E-state index is 0.182. The summed E-state index contributed by atoms with van der Waals surface area (Å²) in [7, 11) is 2.07. The number of barbiturate groups is 1. The van der Waals surface area contributed by atoms with Gasteiger partial charge >= 0.3 is 6.03 Å². The van der Waals surface area contributed by atoms with E-state index in [1.165, 1.54) is 18.2 Å². The second-order valence-electron chi connectivity index (χ2n) is 6.90. The van der Waals surface area contributed by atoms with Crippen LogP contribution >= 0.6 is 11.6 Å². The van der Waals surface area contributed by atoms with Gasteiger partial charge in [0.1, 0.15) is 11.3 Å². The number of nitrogens with zero attached hydrogens (tertiary/aromatic N) is 3. The first-order chi connectivity index (χ1) is 13.9. The molecule has 2 fully saturated rings. The van der Waals surface area contributed by atoms with Gasteiger partial charge in [-0.05, 0) is 43.5 Å². The number of nitrogens with one attached hydrogen (secondary N) is 1. The zero-order valence-electron chi connectivity index (χ0n) is 15.7. The van der Waals surface area contributed by atoms with E-state index in [-0.39, 0.29) is 5.57 Å². The molecule has 4 amide bonds. The molecule has 2 saturated heterocycles. The Balaban J connectivity index is 1.59. The highest BCUT2D eigenvalue weighted by Crippen LogP contribution is 2.25. The van der Waals surface area contributed by atoms with Crippen molar-refractivity contribution in [1.82, 2.24) is 10.2 Å². The smallest absolute Gasteiger partial charge is 0.335 e. The summed E-state index contributed by atoms with van der Waals surface area (Å²) in [5.41, 5.74) is 0.131. The van der Waals surface area contributed by atoms with Crippen LogP contribution in [0, 0.1) is 0 Å². The first kappa shape index (κ1) is 19.2. The Morgan fingerprint density at radius 2 is 1.69 bits per heavy atom. The number of rotatable bonds is 3. The first-order valence-electron chi connectivity index (χ1n) is 9.13. The molecule has 29 heavy (non-hydrogen) atoms. The molecule has 3 heterocycles. The van der Waals surface area contributed by atoms with Gasteiger partial charge in [-0.15, -0.1) is 0 Å². The Morgan fingerprint density at radius 1 is 1.00 bits per heavy atom. The zero-order valence-corrected chi connectivity index (χ0v) is 16.5. The molecule has 2 aromatic rings. The van der Waals surface area contributed by atoms with E-state index in [2.05, 4.69) is 22.2 Å². The SMILES string of the molecule is CN1CCN(c2ccc(/C=C3/C(=O)NC(=O)N(c4ccc(Cl)cc4)C3=O)o2)CC1. The number of hydrogen-bond acceptors (Lipinski definition) is 6. The molecule has 2 aliphatic heterocycles. The van der Waals surface area contributed by atoms with Crippen LogP contribution in [-0.4, -0.2) is 56.0 Å². The van der Waals surface area contributed by atoms with Crippen molar-refractivity contribution < 1.29 is 18.8 Å². The molecule has 0 saturated carbocycles. The van der Waals surface area contributed by atoms with Crippen LogP contribution in [-0.2, 0) is 9.59 Å². The molecule has 1 aromatic heterocycles. The van der Waals surface area contributed by atoms with E-state index in [1.54, 1.807) is 18.2 Å². The second kappa shape index (κ2) is 7.73. The summed E-state index contributed by atoms with van der Waals surface area (Å²) in [6, 6.07) is 8.89. The minimum Gasteiger partial charge on any atom is -0.441 e. The van der Waals surface area contributed by atoms with Crippen LogP contribution in [0.1, 0.15) is 5.76 Å². The molecule has 9 heteroatoms. The Bertz CT molecular complexity index is 990. The highest BCUT2D eigenvalue weighted by molar-refractivity contribution is 6.39. The lowest BCUT2D eigenvalue weighted by Gasteiger charge is -2.32. The number of imide groups is 2. The number of benzene rings is 1. The summed E-state index contributed by atoms with van der Waals surface area (Å²) in [4.78, 5) is 42.6. The quantitative estimate of drug-likeness (QED) is 0.613. The van der Waals surface area contributed by atoms with Crippen molar-refractivity contribution in [3.05, 3.63) is 52.8 Å². The lowest BCUT2D eigenvalue weighted by molar-refractivity contribution is -0.122. The fourth-order valence-electron chi connectivity index (χ4n) is 3.24. The van der Waals surface area contributed by atoms with E-state index in [4.69, 9.17) is 16.0 Å². The third-order valence-corrected chi connectivity index (χ3v) is 5.15. The predicted octanol–water partition coefficient (Wildman–Crippen LogP) is 2.35. The average molecular weight is 415 g/mol. The van der Waals surface area contributed by atoms with Crippen LogP contribution in [0.4, 0.5) is 16.4 Å². The van der Waals surface area contributed by atoms with Crippen LogP contribution in [0.2, 0.25) is 5.02 Å². The summed E-state index contributed by atoms with van der Waals surface area (Å²) in [6.45, 7) is 3.52. The van der Waals surface area contributed by atoms with Gasteiger partial charge in [0.15, 0.2) is 5.88 Å². The number of urea groups is 1. The van der Waals surface area contributed by atoms with E-state index in [1.807, 2.05) is 6.07 Å². The van der Waals surface area contributed by atoms with Crippen LogP contribution in [0.15, 0.2) is 46.4 Å². The van der Waals surface area contributed by atoms with E-state index in [0.29, 0.717) is 22.4 Å². The van der Waals surface area contributed by atoms with Crippen LogP contribution in [0.25, 0.3) is 6.08 Å². The summed E-state index contributed by atoms with van der Waals surface area (Å²) in [5, 5.41) is 2.66. The van der Waals surface area contributed by atoms with Crippen molar-refractivity contribution in [1.29, 1.82) is 0 Å². The normalized spacial score (nSPS) is 19.8. The maximum atomic E-state index is 12.9. The summed E-state index contributed by atoms with van der Waals surface area (Å²) in [6.07, 6.45) is 1.35. The number of anilines is 2. The van der Waals surface area contributed by atoms with Gasteiger partial charge in [-0.25, -0.2) is 9.69 Å². The Labute approximate surface area is 172 Å². The lowest BCUT2D eigenvalue weighted by Crippen LogP contribution is -2.54. The van der Waals surface area contributed by atoms with Gasteiger partial charge in [0.05, 0.1) is 5.69 Å². The second-order valence-corrected chi connectivity index (χ2v) is 7.34. The van der Waals surface area contributed by atoms with Crippen LogP contribution in [0.5, 0.6) is 0 Å². The van der Waals surface area contributed by atoms with Crippen LogP contribution in [0.3, 0.4) is 0 Å². The fourth-order valence-corrected chi connectivity index (χ4v) is 3.37. The monoisotopic (exact) mass is 414 g/mol. The molecular weight excluding hydrogens is 396 g/mol. The number of carbonyl (C=O) groups is 3. The molecule has 0 bridgehead atoms. The molecule has 0 atom stereocenters. The molecule has 150 valence electrons. The van der Waals surface area contributed by atoms with Crippen molar-refractivity contribution >= 4 is 47.1 Å². The maximum Gasteiger partial charge on any atom is 0.335 e. The molecular formula is C20H19ClN4O4. The Morgan fingerprint density at radius 3 is 2.38 bits per heavy atom. The molecule has 1 N–H and O–H groups in total. The Hall–Kier alpha value is -3.10. The van der Waals surface area contributed by atoms with Crippen LogP contribution < -0.4 is 15.1 Å². The first-order valence-corrected chi connectivity index (χ1v) is 9.50. The highest BCUT2D eigenvalue weighted by Gasteiger charge is 2.37. The molecule has 8 nitrogen and oxygen atoms in total. The van der Waals surface area contributed by atoms with E-state index in [0.717, 1.165) is 31.1 Å². The highest BCUT2D eigenvalue weighted by atomic mass is 35.5. The number of furan rings is 1. The van der Waals surface area contributed by atoms with Crippen molar-refractivity contribution in [3.8, 4) is 0 Å². The minimum atomic E-state index is -0.808. The average Bonchev–Trinajstić information content (AvgIpc) is 3.16. The number of amides is 4. The fraction of sp³-hybridized carbons (Fsp3) is 0.250. The molecule has 2 aliphatic rings.